The lowest BCUT2D eigenvalue weighted by atomic mass is 10.1. The summed E-state index contributed by atoms with van der Waals surface area (Å²) in [5.74, 6) is 0.171. The molecule has 174 valence electrons. The zero-order chi connectivity index (χ0) is 23.3. The number of unbranched alkanes of at least 4 members (excludes halogenated alkanes) is 3. The van der Waals surface area contributed by atoms with Gasteiger partial charge < -0.3 is 5.32 Å². The van der Waals surface area contributed by atoms with Gasteiger partial charge in [0, 0.05) is 33.1 Å². The Morgan fingerprint density at radius 2 is 1.88 bits per heavy atom. The van der Waals surface area contributed by atoms with Crippen LogP contribution in [0.15, 0.2) is 14.6 Å². The van der Waals surface area contributed by atoms with Gasteiger partial charge in [0.25, 0.3) is 5.56 Å². The molecule has 1 aliphatic rings. The summed E-state index contributed by atoms with van der Waals surface area (Å²) in [6, 6.07) is -0.410. The Balaban J connectivity index is 2.03. The summed E-state index contributed by atoms with van der Waals surface area (Å²) in [6.45, 7) is 5.26. The van der Waals surface area contributed by atoms with Crippen molar-refractivity contribution in [3.05, 3.63) is 26.7 Å². The van der Waals surface area contributed by atoms with E-state index in [4.69, 9.17) is 0 Å². The molecule has 1 aliphatic heterocycles. The summed E-state index contributed by atoms with van der Waals surface area (Å²) in [4.78, 5) is 60.4. The molecule has 0 unspecified atom stereocenters. The van der Waals surface area contributed by atoms with Gasteiger partial charge in [-0.15, -0.1) is 0 Å². The maximum Gasteiger partial charge on any atom is 0.332 e. The molecule has 3 heterocycles. The van der Waals surface area contributed by atoms with E-state index in [1.807, 2.05) is 6.92 Å². The third kappa shape index (κ3) is 5.03. The molecular weight excluding hydrogens is 432 g/mol. The van der Waals surface area contributed by atoms with E-state index < -0.39 is 17.3 Å². The molecule has 11 heteroatoms. The Kier molecular flexibility index (Phi) is 8.05. The zero-order valence-electron chi connectivity index (χ0n) is 18.8. The molecule has 0 aromatic carbocycles. The predicted molar refractivity (Wildman–Crippen MR) is 123 cm³/mol. The van der Waals surface area contributed by atoms with E-state index in [0.29, 0.717) is 49.0 Å². The van der Waals surface area contributed by atoms with Crippen LogP contribution in [-0.2, 0) is 24.8 Å². The lowest BCUT2D eigenvalue weighted by Crippen LogP contribution is -2.39. The van der Waals surface area contributed by atoms with Gasteiger partial charge in [-0.2, -0.15) is 0 Å². The molecular formula is C21H30N6O4S. The number of imide groups is 1. The van der Waals surface area contributed by atoms with Crippen molar-refractivity contribution >= 4 is 34.7 Å². The average Bonchev–Trinajstić information content (AvgIpc) is 3.22. The number of hydrogen-bond donors (Lipinski definition) is 1. The molecule has 2 aromatic heterocycles. The van der Waals surface area contributed by atoms with E-state index in [-0.39, 0.29) is 17.0 Å². The van der Waals surface area contributed by atoms with Crippen molar-refractivity contribution in [2.45, 2.75) is 63.9 Å². The van der Waals surface area contributed by atoms with Crippen LogP contribution in [0, 0.1) is 0 Å². The average molecular weight is 463 g/mol. The molecule has 32 heavy (non-hydrogen) atoms. The number of nitrogens with zero attached hydrogens (tertiary/aromatic N) is 5. The van der Waals surface area contributed by atoms with Crippen LogP contribution in [0.1, 0.15) is 51.8 Å². The second kappa shape index (κ2) is 10.8. The van der Waals surface area contributed by atoms with Crippen molar-refractivity contribution < 1.29 is 9.59 Å². The summed E-state index contributed by atoms with van der Waals surface area (Å²) in [6.07, 6.45) is 5.50. The molecule has 1 saturated heterocycles. The number of fused-ring (bicyclic) bond motifs is 1. The summed E-state index contributed by atoms with van der Waals surface area (Å²) in [7, 11) is 1.43. The van der Waals surface area contributed by atoms with Crippen LogP contribution in [-0.4, -0.2) is 54.8 Å². The molecule has 0 bridgehead atoms. The SMILES string of the molecule is CCCCCCc1nc(SCC(=O)N2CCNC2=O)c2c(=O)n(C)c(=O)n(CCC)c2n1. The minimum Gasteiger partial charge on any atom is -0.336 e. The van der Waals surface area contributed by atoms with Gasteiger partial charge in [0.15, 0.2) is 5.65 Å². The highest BCUT2D eigenvalue weighted by atomic mass is 32.2. The van der Waals surface area contributed by atoms with E-state index >= 15 is 0 Å². The quantitative estimate of drug-likeness (QED) is 0.324. The second-order valence-corrected chi connectivity index (χ2v) is 8.78. The molecule has 2 aromatic rings. The molecule has 0 saturated carbocycles. The summed E-state index contributed by atoms with van der Waals surface area (Å²) < 4.78 is 2.57. The van der Waals surface area contributed by atoms with Gasteiger partial charge in [-0.3, -0.25) is 23.6 Å². The molecule has 1 N–H and O–H groups in total. The Morgan fingerprint density at radius 3 is 2.53 bits per heavy atom. The number of hydrogen-bond acceptors (Lipinski definition) is 7. The number of thioether (sulfide) groups is 1. The van der Waals surface area contributed by atoms with Crippen molar-refractivity contribution in [2.24, 2.45) is 7.05 Å². The van der Waals surface area contributed by atoms with Gasteiger partial charge in [-0.1, -0.05) is 44.9 Å². The van der Waals surface area contributed by atoms with Crippen LogP contribution in [0.3, 0.4) is 0 Å². The monoisotopic (exact) mass is 462 g/mol. The van der Waals surface area contributed by atoms with Gasteiger partial charge in [0.2, 0.25) is 5.91 Å². The smallest absolute Gasteiger partial charge is 0.332 e. The number of rotatable bonds is 10. The lowest BCUT2D eigenvalue weighted by molar-refractivity contribution is -0.124. The number of amides is 3. The number of aromatic nitrogens is 4. The summed E-state index contributed by atoms with van der Waals surface area (Å²) in [5, 5.41) is 3.22. The van der Waals surface area contributed by atoms with E-state index in [9.17, 15) is 19.2 Å². The molecule has 0 atom stereocenters. The minimum absolute atomic E-state index is 0.0368. The normalized spacial score (nSPS) is 13.7. The summed E-state index contributed by atoms with van der Waals surface area (Å²) >= 11 is 1.11. The largest absolute Gasteiger partial charge is 0.336 e. The Bertz CT molecular complexity index is 1130. The van der Waals surface area contributed by atoms with Crippen LogP contribution in [0.4, 0.5) is 4.79 Å². The van der Waals surface area contributed by atoms with E-state index in [1.54, 1.807) is 0 Å². The zero-order valence-corrected chi connectivity index (χ0v) is 19.7. The molecule has 0 spiro atoms. The van der Waals surface area contributed by atoms with E-state index in [2.05, 4.69) is 22.2 Å². The first-order valence-corrected chi connectivity index (χ1v) is 12.1. The highest BCUT2D eigenvalue weighted by molar-refractivity contribution is 8.00. The molecule has 0 aliphatic carbocycles. The van der Waals surface area contributed by atoms with Crippen molar-refractivity contribution in [1.29, 1.82) is 0 Å². The topological polar surface area (TPSA) is 119 Å². The van der Waals surface area contributed by atoms with Crippen LogP contribution >= 0.6 is 11.8 Å². The molecule has 3 rings (SSSR count). The number of carbonyl (C=O) groups is 2. The molecule has 0 radical (unpaired) electrons. The number of carbonyl (C=O) groups excluding carboxylic acids is 2. The molecule has 1 fully saturated rings. The first-order valence-electron chi connectivity index (χ1n) is 11.1. The van der Waals surface area contributed by atoms with E-state index in [1.165, 1.54) is 11.6 Å². The van der Waals surface area contributed by atoms with Crippen molar-refractivity contribution in [2.75, 3.05) is 18.8 Å². The van der Waals surface area contributed by atoms with Crippen molar-refractivity contribution in [1.82, 2.24) is 29.3 Å². The Morgan fingerprint density at radius 1 is 1.09 bits per heavy atom. The predicted octanol–water partition coefficient (Wildman–Crippen LogP) is 1.67. The Labute approximate surface area is 190 Å². The third-order valence-corrected chi connectivity index (χ3v) is 6.35. The number of nitrogens with one attached hydrogen (secondary N) is 1. The first-order chi connectivity index (χ1) is 15.4. The Hall–Kier alpha value is -2.69. The first kappa shape index (κ1) is 24.0. The van der Waals surface area contributed by atoms with Crippen LogP contribution in [0.2, 0.25) is 0 Å². The standard InChI is InChI=1S/C21H30N6O4S/c1-4-6-7-8-9-14-23-17-16(19(29)25(3)21(31)27(17)11-5-2)18(24-14)32-13-15(28)26-12-10-22-20(26)30/h4-13H2,1-3H3,(H,22,30). The highest BCUT2D eigenvalue weighted by Crippen LogP contribution is 2.24. The molecule has 10 nitrogen and oxygen atoms in total. The number of aryl methyl sites for hydroxylation is 2. The van der Waals surface area contributed by atoms with Crippen molar-refractivity contribution in [3.63, 3.8) is 0 Å². The van der Waals surface area contributed by atoms with Crippen molar-refractivity contribution in [3.8, 4) is 0 Å². The van der Waals surface area contributed by atoms with Gasteiger partial charge in [0.05, 0.1) is 5.75 Å². The highest BCUT2D eigenvalue weighted by Gasteiger charge is 2.27. The third-order valence-electron chi connectivity index (χ3n) is 5.39. The lowest BCUT2D eigenvalue weighted by Gasteiger charge is -2.15. The van der Waals surface area contributed by atoms with Crippen LogP contribution in [0.5, 0.6) is 0 Å². The van der Waals surface area contributed by atoms with Crippen LogP contribution in [0.25, 0.3) is 11.0 Å². The van der Waals surface area contributed by atoms with Gasteiger partial charge in [0.1, 0.15) is 16.2 Å². The minimum atomic E-state index is -0.483. The number of urea groups is 1. The fraction of sp³-hybridized carbons (Fsp3) is 0.619. The summed E-state index contributed by atoms with van der Waals surface area (Å²) in [5.41, 5.74) is -0.584. The second-order valence-electron chi connectivity index (χ2n) is 7.82. The van der Waals surface area contributed by atoms with Gasteiger partial charge in [-0.25, -0.2) is 19.6 Å². The molecule has 3 amide bonds. The fourth-order valence-corrected chi connectivity index (χ4v) is 4.56. The fourth-order valence-electron chi connectivity index (χ4n) is 3.65. The van der Waals surface area contributed by atoms with Crippen LogP contribution < -0.4 is 16.6 Å². The maximum absolute atomic E-state index is 13.0. The van der Waals surface area contributed by atoms with Gasteiger partial charge >= 0.3 is 11.7 Å². The van der Waals surface area contributed by atoms with E-state index in [0.717, 1.165) is 46.9 Å². The van der Waals surface area contributed by atoms with Gasteiger partial charge in [-0.05, 0) is 12.8 Å². The maximum atomic E-state index is 13.0.